The molecule has 0 unspecified atom stereocenters. The molecular weight excluding hydrogens is 398 g/mol. The van der Waals surface area contributed by atoms with Crippen LogP contribution in [0.4, 0.5) is 5.69 Å². The number of benzene rings is 2. The number of H-pyrrole nitrogens is 1. The van der Waals surface area contributed by atoms with Gasteiger partial charge in [0.15, 0.2) is 0 Å². The van der Waals surface area contributed by atoms with Gasteiger partial charge in [-0.1, -0.05) is 12.1 Å². The second-order valence-corrected chi connectivity index (χ2v) is 8.12. The van der Waals surface area contributed by atoms with Gasteiger partial charge in [0.2, 0.25) is 0 Å². The zero-order valence-electron chi connectivity index (χ0n) is 18.1. The summed E-state index contributed by atoms with van der Waals surface area (Å²) in [5.41, 5.74) is 9.25. The van der Waals surface area contributed by atoms with Crippen LogP contribution >= 0.6 is 0 Å². The van der Waals surface area contributed by atoms with E-state index in [2.05, 4.69) is 62.5 Å². The highest BCUT2D eigenvalue weighted by Crippen LogP contribution is 2.41. The van der Waals surface area contributed by atoms with E-state index in [9.17, 15) is 0 Å². The summed E-state index contributed by atoms with van der Waals surface area (Å²) in [7, 11) is 4.09. The van der Waals surface area contributed by atoms with E-state index < -0.39 is 0 Å². The van der Waals surface area contributed by atoms with Gasteiger partial charge in [0.05, 0.1) is 18.0 Å². The van der Waals surface area contributed by atoms with Crippen molar-refractivity contribution in [3.05, 3.63) is 83.2 Å². The number of aromatic amines is 1. The van der Waals surface area contributed by atoms with Gasteiger partial charge in [-0.2, -0.15) is 10.4 Å². The standard InChI is InChI=1S/C26H23N5O/c1-31(2)21-7-3-17(4-8-21)11-12-32-22-9-10-23-19(13-22)14-24-25(29-30-26(23)24)18-5-6-20(15-27)28-16-18/h3-10,13,16H,11-12,14H2,1-2H3,(H,29,30). The third-order valence-corrected chi connectivity index (χ3v) is 5.84. The molecule has 2 heterocycles. The number of nitrogens with one attached hydrogen (secondary N) is 1. The summed E-state index contributed by atoms with van der Waals surface area (Å²) in [4.78, 5) is 6.27. The average Bonchev–Trinajstić information content (AvgIpc) is 3.38. The summed E-state index contributed by atoms with van der Waals surface area (Å²) in [5, 5.41) is 16.6. The fourth-order valence-electron chi connectivity index (χ4n) is 4.09. The number of hydrogen-bond acceptors (Lipinski definition) is 5. The van der Waals surface area contributed by atoms with Gasteiger partial charge in [-0.05, 0) is 53.6 Å². The Kier molecular flexibility index (Phi) is 5.08. The first-order chi connectivity index (χ1) is 15.6. The van der Waals surface area contributed by atoms with Gasteiger partial charge in [0.25, 0.3) is 0 Å². The molecule has 0 atom stereocenters. The minimum absolute atomic E-state index is 0.402. The molecule has 1 N–H and O–H groups in total. The lowest BCUT2D eigenvalue weighted by Crippen LogP contribution is -2.08. The van der Waals surface area contributed by atoms with Crippen molar-refractivity contribution >= 4 is 5.69 Å². The molecule has 6 heteroatoms. The Labute approximate surface area is 187 Å². The van der Waals surface area contributed by atoms with E-state index in [0.717, 1.165) is 46.7 Å². The third kappa shape index (κ3) is 3.69. The fourth-order valence-corrected chi connectivity index (χ4v) is 4.09. The van der Waals surface area contributed by atoms with Crippen LogP contribution in [0.15, 0.2) is 60.8 Å². The number of pyridine rings is 1. The molecule has 2 aromatic carbocycles. The monoisotopic (exact) mass is 421 g/mol. The maximum atomic E-state index is 8.97. The number of ether oxygens (including phenoxy) is 1. The number of anilines is 1. The van der Waals surface area contributed by atoms with Crippen molar-refractivity contribution in [1.82, 2.24) is 15.2 Å². The Balaban J connectivity index is 1.27. The highest BCUT2D eigenvalue weighted by atomic mass is 16.5. The number of rotatable bonds is 6. The maximum absolute atomic E-state index is 8.97. The lowest BCUT2D eigenvalue weighted by molar-refractivity contribution is 0.322. The van der Waals surface area contributed by atoms with Crippen LogP contribution in [0, 0.1) is 11.3 Å². The predicted octanol–water partition coefficient (Wildman–Crippen LogP) is 4.60. The van der Waals surface area contributed by atoms with Crippen LogP contribution in [-0.4, -0.2) is 35.9 Å². The van der Waals surface area contributed by atoms with E-state index in [1.165, 1.54) is 16.8 Å². The Morgan fingerprint density at radius 3 is 2.66 bits per heavy atom. The summed E-state index contributed by atoms with van der Waals surface area (Å²) in [6.45, 7) is 0.634. The van der Waals surface area contributed by atoms with Gasteiger partial charge in [0, 0.05) is 55.5 Å². The highest BCUT2D eigenvalue weighted by Gasteiger charge is 2.25. The minimum atomic E-state index is 0.402. The van der Waals surface area contributed by atoms with E-state index >= 15 is 0 Å². The van der Waals surface area contributed by atoms with Gasteiger partial charge >= 0.3 is 0 Å². The molecule has 2 aromatic heterocycles. The van der Waals surface area contributed by atoms with E-state index in [1.807, 2.05) is 26.2 Å². The van der Waals surface area contributed by atoms with Crippen molar-refractivity contribution in [2.24, 2.45) is 0 Å². The van der Waals surface area contributed by atoms with Gasteiger partial charge in [-0.25, -0.2) is 4.98 Å². The molecular formula is C26H23N5O. The summed E-state index contributed by atoms with van der Waals surface area (Å²) in [6, 6.07) is 20.5. The van der Waals surface area contributed by atoms with Crippen molar-refractivity contribution in [2.45, 2.75) is 12.8 Å². The zero-order valence-corrected chi connectivity index (χ0v) is 18.1. The first-order valence-corrected chi connectivity index (χ1v) is 10.6. The van der Waals surface area contributed by atoms with Gasteiger partial charge in [-0.15, -0.1) is 0 Å². The normalized spacial score (nSPS) is 11.5. The molecule has 1 aliphatic rings. The van der Waals surface area contributed by atoms with Gasteiger partial charge in [-0.3, -0.25) is 5.10 Å². The topological polar surface area (TPSA) is 77.8 Å². The van der Waals surface area contributed by atoms with Crippen LogP contribution in [0.1, 0.15) is 22.4 Å². The highest BCUT2D eigenvalue weighted by molar-refractivity contribution is 5.81. The lowest BCUT2D eigenvalue weighted by atomic mass is 10.1. The molecule has 0 amide bonds. The molecule has 5 rings (SSSR count). The molecule has 158 valence electrons. The SMILES string of the molecule is CN(C)c1ccc(CCOc2ccc3c(c2)Cc2c(-c4ccc(C#N)nc4)n[nH]c2-3)cc1. The largest absolute Gasteiger partial charge is 0.493 e. The van der Waals surface area contributed by atoms with Crippen molar-refractivity contribution in [3.63, 3.8) is 0 Å². The molecule has 0 bridgehead atoms. The number of hydrogen-bond donors (Lipinski definition) is 1. The average molecular weight is 422 g/mol. The Hall–Kier alpha value is -4.11. The van der Waals surface area contributed by atoms with Gasteiger partial charge < -0.3 is 9.64 Å². The van der Waals surface area contributed by atoms with E-state index in [4.69, 9.17) is 10.00 Å². The van der Waals surface area contributed by atoms with E-state index in [-0.39, 0.29) is 0 Å². The van der Waals surface area contributed by atoms with Crippen molar-refractivity contribution in [2.75, 3.05) is 25.6 Å². The first-order valence-electron chi connectivity index (χ1n) is 10.6. The number of nitriles is 1. The maximum Gasteiger partial charge on any atom is 0.140 e. The molecule has 0 fully saturated rings. The molecule has 4 aromatic rings. The Bertz CT molecular complexity index is 1300. The second kappa shape index (κ2) is 8.20. The molecule has 1 aliphatic carbocycles. The van der Waals surface area contributed by atoms with Crippen LogP contribution in [-0.2, 0) is 12.8 Å². The molecule has 32 heavy (non-hydrogen) atoms. The van der Waals surface area contributed by atoms with Crippen LogP contribution in [0.25, 0.3) is 22.5 Å². The van der Waals surface area contributed by atoms with Crippen LogP contribution in [0.3, 0.4) is 0 Å². The van der Waals surface area contributed by atoms with Crippen LogP contribution < -0.4 is 9.64 Å². The molecule has 6 nitrogen and oxygen atoms in total. The first kappa shape index (κ1) is 19.8. The van der Waals surface area contributed by atoms with Crippen LogP contribution in [0.2, 0.25) is 0 Å². The molecule has 0 saturated heterocycles. The predicted molar refractivity (Wildman–Crippen MR) is 125 cm³/mol. The molecule has 0 saturated carbocycles. The summed E-state index contributed by atoms with van der Waals surface area (Å²) in [5.74, 6) is 0.883. The van der Waals surface area contributed by atoms with E-state index in [0.29, 0.717) is 12.3 Å². The van der Waals surface area contributed by atoms with Crippen molar-refractivity contribution < 1.29 is 4.74 Å². The Morgan fingerprint density at radius 1 is 1.09 bits per heavy atom. The number of aromatic nitrogens is 3. The second-order valence-electron chi connectivity index (χ2n) is 8.12. The summed E-state index contributed by atoms with van der Waals surface area (Å²) in [6.07, 6.45) is 3.36. The lowest BCUT2D eigenvalue weighted by Gasteiger charge is -2.13. The number of fused-ring (bicyclic) bond motifs is 3. The smallest absolute Gasteiger partial charge is 0.140 e. The minimum Gasteiger partial charge on any atom is -0.493 e. The third-order valence-electron chi connectivity index (χ3n) is 5.84. The summed E-state index contributed by atoms with van der Waals surface area (Å²) >= 11 is 0. The Morgan fingerprint density at radius 2 is 1.94 bits per heavy atom. The quantitative estimate of drug-likeness (QED) is 0.433. The molecule has 0 radical (unpaired) electrons. The summed E-state index contributed by atoms with van der Waals surface area (Å²) < 4.78 is 6.05. The van der Waals surface area contributed by atoms with E-state index in [1.54, 1.807) is 12.3 Å². The number of nitrogens with zero attached hydrogens (tertiary/aromatic N) is 4. The zero-order chi connectivity index (χ0) is 22.1. The van der Waals surface area contributed by atoms with Gasteiger partial charge in [0.1, 0.15) is 17.5 Å². The van der Waals surface area contributed by atoms with Crippen molar-refractivity contribution in [3.8, 4) is 34.3 Å². The fraction of sp³-hybridized carbons (Fsp3) is 0.192. The van der Waals surface area contributed by atoms with Crippen molar-refractivity contribution in [1.29, 1.82) is 5.26 Å². The molecule has 0 aliphatic heterocycles. The van der Waals surface area contributed by atoms with Crippen LogP contribution in [0.5, 0.6) is 5.75 Å². The molecule has 0 spiro atoms.